The van der Waals surface area contributed by atoms with Gasteiger partial charge in [-0.25, -0.2) is 0 Å². The van der Waals surface area contributed by atoms with E-state index < -0.39 is 0 Å². The molecule has 3 rings (SSSR count). The Bertz CT molecular complexity index is 595. The fourth-order valence-corrected chi connectivity index (χ4v) is 2.92. The van der Waals surface area contributed by atoms with Gasteiger partial charge in [-0.1, -0.05) is 54.1 Å². The molecule has 0 N–H and O–H groups in total. The Morgan fingerprint density at radius 3 is 2.63 bits per heavy atom. The highest BCUT2D eigenvalue weighted by Crippen LogP contribution is 2.34. The number of fused-ring (bicyclic) bond motifs is 1. The fraction of sp³-hybridized carbons (Fsp3) is 0.278. The van der Waals surface area contributed by atoms with Crippen LogP contribution in [0.4, 0.5) is 0 Å². The minimum absolute atomic E-state index is 0.109. The zero-order valence-corrected chi connectivity index (χ0v) is 11.2. The number of hydrogen-bond donors (Lipinski definition) is 0. The van der Waals surface area contributed by atoms with Gasteiger partial charge in [0.2, 0.25) is 0 Å². The number of rotatable bonds is 3. The van der Waals surface area contributed by atoms with Gasteiger partial charge in [0.25, 0.3) is 0 Å². The van der Waals surface area contributed by atoms with E-state index in [2.05, 4.69) is 49.4 Å². The molecule has 0 amide bonds. The highest BCUT2D eigenvalue weighted by Gasteiger charge is 2.27. The third-order valence-corrected chi connectivity index (χ3v) is 4.02. The molecule has 0 saturated heterocycles. The largest absolute Gasteiger partial charge is 0.299 e. The standard InChI is InChI=1S/C18H18O/c1-13-6-8-14(9-7-13)12-18(19)17-11-10-15-4-2-3-5-16(15)17/h2-9,17H,10-12H2,1H3. The Morgan fingerprint density at radius 1 is 1.11 bits per heavy atom. The Kier molecular flexibility index (Phi) is 3.20. The summed E-state index contributed by atoms with van der Waals surface area (Å²) in [5, 5.41) is 0. The van der Waals surface area contributed by atoms with Gasteiger partial charge in [0.15, 0.2) is 0 Å². The first-order valence-electron chi connectivity index (χ1n) is 6.90. The number of carbonyl (C=O) groups excluding carboxylic acids is 1. The fourth-order valence-electron chi connectivity index (χ4n) is 2.92. The lowest BCUT2D eigenvalue weighted by atomic mass is 9.92. The Labute approximate surface area is 114 Å². The summed E-state index contributed by atoms with van der Waals surface area (Å²) < 4.78 is 0. The zero-order chi connectivity index (χ0) is 13.2. The molecule has 19 heavy (non-hydrogen) atoms. The molecule has 1 unspecified atom stereocenters. The number of carbonyl (C=O) groups is 1. The molecule has 1 atom stereocenters. The van der Waals surface area contributed by atoms with E-state index in [0.717, 1.165) is 18.4 Å². The minimum Gasteiger partial charge on any atom is -0.299 e. The Hall–Kier alpha value is -1.89. The summed E-state index contributed by atoms with van der Waals surface area (Å²) in [5.74, 6) is 0.464. The average molecular weight is 250 g/mol. The van der Waals surface area contributed by atoms with Crippen molar-refractivity contribution in [2.45, 2.75) is 32.1 Å². The van der Waals surface area contributed by atoms with Crippen LogP contribution >= 0.6 is 0 Å². The smallest absolute Gasteiger partial charge is 0.144 e. The van der Waals surface area contributed by atoms with Crippen molar-refractivity contribution >= 4 is 5.78 Å². The van der Waals surface area contributed by atoms with E-state index in [1.54, 1.807) is 0 Å². The topological polar surface area (TPSA) is 17.1 Å². The third-order valence-electron chi connectivity index (χ3n) is 4.02. The molecule has 0 fully saturated rings. The summed E-state index contributed by atoms with van der Waals surface area (Å²) in [6, 6.07) is 16.6. The predicted molar refractivity (Wildman–Crippen MR) is 77.4 cm³/mol. The second-order valence-electron chi connectivity index (χ2n) is 5.42. The highest BCUT2D eigenvalue weighted by molar-refractivity contribution is 5.88. The molecule has 1 aliphatic rings. The first-order valence-corrected chi connectivity index (χ1v) is 6.90. The van der Waals surface area contributed by atoms with Crippen LogP contribution in [0.3, 0.4) is 0 Å². The van der Waals surface area contributed by atoms with E-state index in [1.165, 1.54) is 16.7 Å². The van der Waals surface area contributed by atoms with Crippen molar-refractivity contribution in [3.63, 3.8) is 0 Å². The summed E-state index contributed by atoms with van der Waals surface area (Å²) in [5.41, 5.74) is 4.96. The van der Waals surface area contributed by atoms with Gasteiger partial charge in [-0.15, -0.1) is 0 Å². The first-order chi connectivity index (χ1) is 9.24. The molecule has 0 aromatic heterocycles. The van der Waals surface area contributed by atoms with Crippen molar-refractivity contribution < 1.29 is 4.79 Å². The van der Waals surface area contributed by atoms with E-state index in [0.29, 0.717) is 12.2 Å². The normalized spacial score (nSPS) is 17.2. The van der Waals surface area contributed by atoms with Crippen LogP contribution in [0.1, 0.15) is 34.6 Å². The number of hydrogen-bond acceptors (Lipinski definition) is 1. The van der Waals surface area contributed by atoms with E-state index in [-0.39, 0.29) is 5.92 Å². The highest BCUT2D eigenvalue weighted by atomic mass is 16.1. The van der Waals surface area contributed by atoms with E-state index in [4.69, 9.17) is 0 Å². The van der Waals surface area contributed by atoms with Gasteiger partial charge in [0.1, 0.15) is 5.78 Å². The predicted octanol–water partition coefficient (Wildman–Crippen LogP) is 3.84. The summed E-state index contributed by atoms with van der Waals surface area (Å²) >= 11 is 0. The van der Waals surface area contributed by atoms with Gasteiger partial charge >= 0.3 is 0 Å². The molecule has 96 valence electrons. The number of ketones is 1. The Balaban J connectivity index is 1.77. The van der Waals surface area contributed by atoms with Crippen LogP contribution in [0, 0.1) is 6.92 Å². The van der Waals surface area contributed by atoms with Crippen molar-refractivity contribution in [3.8, 4) is 0 Å². The molecule has 0 bridgehead atoms. The Morgan fingerprint density at radius 2 is 1.84 bits per heavy atom. The SMILES string of the molecule is Cc1ccc(CC(=O)C2CCc3ccccc32)cc1. The minimum atomic E-state index is 0.109. The quantitative estimate of drug-likeness (QED) is 0.809. The molecule has 2 aromatic rings. The first kappa shape index (κ1) is 12.2. The van der Waals surface area contributed by atoms with Crippen LogP contribution in [0.25, 0.3) is 0 Å². The van der Waals surface area contributed by atoms with E-state index in [9.17, 15) is 4.79 Å². The van der Waals surface area contributed by atoms with Crippen LogP contribution in [0.5, 0.6) is 0 Å². The van der Waals surface area contributed by atoms with Crippen molar-refractivity contribution in [1.82, 2.24) is 0 Å². The van der Waals surface area contributed by atoms with E-state index in [1.807, 2.05) is 6.07 Å². The molecule has 1 nitrogen and oxygen atoms in total. The van der Waals surface area contributed by atoms with Crippen LogP contribution in [-0.4, -0.2) is 5.78 Å². The summed E-state index contributed by atoms with van der Waals surface area (Å²) in [7, 11) is 0. The maximum atomic E-state index is 12.5. The lowest BCUT2D eigenvalue weighted by molar-refractivity contribution is -0.119. The van der Waals surface area contributed by atoms with Crippen molar-refractivity contribution in [2.24, 2.45) is 0 Å². The van der Waals surface area contributed by atoms with Crippen LogP contribution in [-0.2, 0) is 17.6 Å². The molecule has 0 radical (unpaired) electrons. The van der Waals surface area contributed by atoms with Crippen LogP contribution in [0.2, 0.25) is 0 Å². The molecule has 1 heteroatoms. The van der Waals surface area contributed by atoms with Crippen molar-refractivity contribution in [2.75, 3.05) is 0 Å². The third kappa shape index (κ3) is 2.46. The van der Waals surface area contributed by atoms with Crippen LogP contribution in [0.15, 0.2) is 48.5 Å². The molecular weight excluding hydrogens is 232 g/mol. The molecule has 0 aliphatic heterocycles. The second kappa shape index (κ2) is 5.00. The number of benzene rings is 2. The molecule has 2 aromatic carbocycles. The summed E-state index contributed by atoms with van der Waals surface area (Å²) in [6.07, 6.45) is 2.57. The van der Waals surface area contributed by atoms with Gasteiger partial charge in [-0.3, -0.25) is 4.79 Å². The lowest BCUT2D eigenvalue weighted by Gasteiger charge is -2.10. The molecule has 0 spiro atoms. The van der Waals surface area contributed by atoms with Gasteiger partial charge in [-0.2, -0.15) is 0 Å². The maximum Gasteiger partial charge on any atom is 0.144 e. The van der Waals surface area contributed by atoms with Gasteiger partial charge in [0, 0.05) is 12.3 Å². The summed E-state index contributed by atoms with van der Waals surface area (Å²) in [4.78, 5) is 12.5. The van der Waals surface area contributed by atoms with Gasteiger partial charge in [-0.05, 0) is 36.5 Å². The zero-order valence-electron chi connectivity index (χ0n) is 11.2. The number of Topliss-reactive ketones (excluding diaryl/α,β-unsaturated/α-hetero) is 1. The average Bonchev–Trinajstić information content (AvgIpc) is 2.85. The lowest BCUT2D eigenvalue weighted by Crippen LogP contribution is -2.12. The van der Waals surface area contributed by atoms with Crippen molar-refractivity contribution in [1.29, 1.82) is 0 Å². The van der Waals surface area contributed by atoms with Gasteiger partial charge in [0.05, 0.1) is 0 Å². The maximum absolute atomic E-state index is 12.5. The molecule has 1 aliphatic carbocycles. The second-order valence-corrected chi connectivity index (χ2v) is 5.42. The van der Waals surface area contributed by atoms with Crippen LogP contribution < -0.4 is 0 Å². The number of aryl methyl sites for hydroxylation is 2. The monoisotopic (exact) mass is 250 g/mol. The van der Waals surface area contributed by atoms with Gasteiger partial charge < -0.3 is 0 Å². The van der Waals surface area contributed by atoms with Crippen molar-refractivity contribution in [3.05, 3.63) is 70.8 Å². The summed E-state index contributed by atoms with van der Waals surface area (Å²) in [6.45, 7) is 2.07. The molecule has 0 saturated carbocycles. The molecular formula is C18H18O. The van der Waals surface area contributed by atoms with E-state index >= 15 is 0 Å². The molecule has 0 heterocycles.